The molecule has 0 aromatic carbocycles. The molecule has 0 amide bonds. The van der Waals surface area contributed by atoms with E-state index >= 15 is 0 Å². The van der Waals surface area contributed by atoms with Crippen molar-refractivity contribution in [3.8, 4) is 17.1 Å². The number of aryl methyl sites for hydroxylation is 1. The minimum atomic E-state index is -0.947. The fourth-order valence-corrected chi connectivity index (χ4v) is 2.98. The zero-order valence-corrected chi connectivity index (χ0v) is 18.0. The van der Waals surface area contributed by atoms with Crippen LogP contribution in [-0.4, -0.2) is 24.7 Å². The molecular formula is C22H17F2N5Pd. The average molecular weight is 496 g/mol. The Morgan fingerprint density at radius 2 is 1.63 bits per heavy atom. The Morgan fingerprint density at radius 1 is 0.933 bits per heavy atom. The van der Waals surface area contributed by atoms with Gasteiger partial charge in [0.05, 0.1) is 5.82 Å². The number of nitrogens with zero attached hydrogens (tertiary/aromatic N) is 5. The molecule has 0 aliphatic carbocycles. The fraction of sp³-hybridized carbons (Fsp3) is 0.182. The van der Waals surface area contributed by atoms with Gasteiger partial charge in [0.15, 0.2) is 0 Å². The molecule has 4 rings (SSSR count). The molecule has 30 heavy (non-hydrogen) atoms. The molecule has 4 aromatic rings. The summed E-state index contributed by atoms with van der Waals surface area (Å²) < 4.78 is 28.8. The molecule has 5 nitrogen and oxygen atoms in total. The minimum Gasteiger partial charge on any atom is -0.343 e. The third-order valence-corrected chi connectivity index (χ3v) is 4.64. The monoisotopic (exact) mass is 495 g/mol. The van der Waals surface area contributed by atoms with Gasteiger partial charge >= 0.3 is 20.4 Å². The van der Waals surface area contributed by atoms with E-state index in [9.17, 15) is 8.78 Å². The maximum Gasteiger partial charge on any atom is 2.00 e. The summed E-state index contributed by atoms with van der Waals surface area (Å²) in [4.78, 5) is 12.5. The second-order valence-electron chi connectivity index (χ2n) is 7.13. The second kappa shape index (κ2) is 8.51. The molecule has 0 N–H and O–H groups in total. The van der Waals surface area contributed by atoms with Crippen LogP contribution in [0.25, 0.3) is 17.1 Å². The Morgan fingerprint density at radius 3 is 2.30 bits per heavy atom. The summed E-state index contributed by atoms with van der Waals surface area (Å²) in [5, 5.41) is 4.35. The van der Waals surface area contributed by atoms with Crippen molar-refractivity contribution in [1.82, 2.24) is 24.7 Å². The van der Waals surface area contributed by atoms with Gasteiger partial charge in [0.1, 0.15) is 11.9 Å². The number of pyridine rings is 3. The van der Waals surface area contributed by atoms with Crippen molar-refractivity contribution in [2.24, 2.45) is 0 Å². The normalized spacial score (nSPS) is 11.2. The Hall–Kier alpha value is -2.82. The number of rotatable bonds is 4. The molecule has 0 aliphatic heterocycles. The fourth-order valence-electron chi connectivity index (χ4n) is 2.98. The molecule has 0 unspecified atom stereocenters. The topological polar surface area (TPSA) is 56.5 Å². The summed E-state index contributed by atoms with van der Waals surface area (Å²) in [5.74, 6) is -1.23. The molecule has 0 saturated heterocycles. The molecule has 0 radical (unpaired) electrons. The molecule has 0 fully saturated rings. The maximum absolute atomic E-state index is 14.1. The molecule has 0 bridgehead atoms. The zero-order chi connectivity index (χ0) is 20.6. The quantitative estimate of drug-likeness (QED) is 0.241. The molecule has 8 heteroatoms. The van der Waals surface area contributed by atoms with E-state index in [1.165, 1.54) is 0 Å². The van der Waals surface area contributed by atoms with Crippen LogP contribution in [0.2, 0.25) is 0 Å². The standard InChI is InChI=1S/C22H17F2N5.Pd/c1-14-12-13-29(28-14)20-9-5-8-18(26-20)22(2,3)17-7-4-6-16(25-17)15-10-11-19(23)27-21(15)24;/h4-9,11-12H,1-3H3;/q-2;+2. The summed E-state index contributed by atoms with van der Waals surface area (Å²) in [5.41, 5.74) is 2.05. The van der Waals surface area contributed by atoms with Crippen molar-refractivity contribution in [2.75, 3.05) is 0 Å². The van der Waals surface area contributed by atoms with E-state index in [1.54, 1.807) is 22.9 Å². The summed E-state index contributed by atoms with van der Waals surface area (Å²) in [7, 11) is 0. The van der Waals surface area contributed by atoms with Crippen molar-refractivity contribution in [1.29, 1.82) is 0 Å². The summed E-state index contributed by atoms with van der Waals surface area (Å²) >= 11 is 0. The summed E-state index contributed by atoms with van der Waals surface area (Å²) in [6, 6.07) is 16.2. The van der Waals surface area contributed by atoms with E-state index < -0.39 is 17.3 Å². The SMILES string of the molecule is Cc1c[c-]n(-c2cccc(C(C)(C)c3cccc(-c4[c-]cc(F)nc4F)n3)n2)n1.[Pd+2]. The average Bonchev–Trinajstić information content (AvgIpc) is 3.14. The first-order chi connectivity index (χ1) is 13.8. The number of hydrogen-bond donors (Lipinski definition) is 0. The predicted octanol–water partition coefficient (Wildman–Crippen LogP) is 4.23. The first kappa shape index (κ1) is 21.9. The van der Waals surface area contributed by atoms with Crippen molar-refractivity contribution >= 4 is 0 Å². The Labute approximate surface area is 186 Å². The van der Waals surface area contributed by atoms with Gasteiger partial charge in [0.25, 0.3) is 0 Å². The van der Waals surface area contributed by atoms with Crippen molar-refractivity contribution < 1.29 is 29.2 Å². The van der Waals surface area contributed by atoms with Crippen molar-refractivity contribution in [3.05, 3.63) is 89.8 Å². The van der Waals surface area contributed by atoms with Crippen molar-refractivity contribution in [3.63, 3.8) is 0 Å². The van der Waals surface area contributed by atoms with Crippen LogP contribution in [0, 0.1) is 31.1 Å². The maximum atomic E-state index is 14.1. The van der Waals surface area contributed by atoms with Gasteiger partial charge in [-0.2, -0.15) is 0 Å². The third-order valence-electron chi connectivity index (χ3n) is 4.64. The van der Waals surface area contributed by atoms with Crippen LogP contribution in [0.4, 0.5) is 8.78 Å². The first-order valence-electron chi connectivity index (χ1n) is 8.98. The van der Waals surface area contributed by atoms with Crippen LogP contribution >= 0.6 is 0 Å². The Bertz CT molecular complexity index is 1190. The molecule has 0 spiro atoms. The smallest absolute Gasteiger partial charge is 0.343 e. The van der Waals surface area contributed by atoms with E-state index in [0.29, 0.717) is 17.2 Å². The van der Waals surface area contributed by atoms with Crippen LogP contribution in [0.15, 0.2) is 48.5 Å². The van der Waals surface area contributed by atoms with E-state index in [2.05, 4.69) is 27.3 Å². The first-order valence-corrected chi connectivity index (χ1v) is 8.98. The van der Waals surface area contributed by atoms with Crippen molar-refractivity contribution in [2.45, 2.75) is 26.2 Å². The number of aromatic nitrogens is 5. The number of halogens is 2. The van der Waals surface area contributed by atoms with Gasteiger partial charge in [-0.05, 0) is 37.4 Å². The van der Waals surface area contributed by atoms with Gasteiger partial charge in [-0.1, -0.05) is 49.0 Å². The molecule has 4 heterocycles. The van der Waals surface area contributed by atoms with E-state index in [0.717, 1.165) is 17.5 Å². The van der Waals surface area contributed by atoms with E-state index in [4.69, 9.17) is 4.98 Å². The van der Waals surface area contributed by atoms with Gasteiger partial charge < -0.3 is 9.67 Å². The molecule has 0 saturated carbocycles. The second-order valence-corrected chi connectivity index (χ2v) is 7.13. The minimum absolute atomic E-state index is 0. The van der Waals surface area contributed by atoms with Gasteiger partial charge in [-0.25, -0.2) is 8.78 Å². The van der Waals surface area contributed by atoms with E-state index in [1.807, 2.05) is 45.0 Å². The van der Waals surface area contributed by atoms with Gasteiger partial charge in [0, 0.05) is 16.8 Å². The van der Waals surface area contributed by atoms with Crippen LogP contribution in [-0.2, 0) is 25.8 Å². The molecule has 154 valence electrons. The van der Waals surface area contributed by atoms with Crippen LogP contribution in [0.5, 0.6) is 0 Å². The van der Waals surface area contributed by atoms with E-state index in [-0.39, 0.29) is 26.0 Å². The van der Waals surface area contributed by atoms with Crippen LogP contribution in [0.3, 0.4) is 0 Å². The van der Waals surface area contributed by atoms with Gasteiger partial charge in [-0.15, -0.1) is 12.1 Å². The largest absolute Gasteiger partial charge is 2.00 e. The zero-order valence-electron chi connectivity index (χ0n) is 16.4. The Balaban J connectivity index is 0.00000256. The summed E-state index contributed by atoms with van der Waals surface area (Å²) in [6.45, 7) is 5.84. The molecule has 0 atom stereocenters. The molecule has 0 aliphatic rings. The molecular weight excluding hydrogens is 479 g/mol. The summed E-state index contributed by atoms with van der Waals surface area (Å²) in [6.07, 6.45) is 3.03. The van der Waals surface area contributed by atoms with Crippen LogP contribution < -0.4 is 0 Å². The molecule has 4 aromatic heterocycles. The van der Waals surface area contributed by atoms with Gasteiger partial charge in [0.2, 0.25) is 0 Å². The van der Waals surface area contributed by atoms with Crippen LogP contribution in [0.1, 0.15) is 30.9 Å². The predicted molar refractivity (Wildman–Crippen MR) is 103 cm³/mol. The third kappa shape index (κ3) is 4.20. The van der Waals surface area contributed by atoms with Gasteiger partial charge in [-0.3, -0.25) is 15.1 Å². The number of hydrogen-bond acceptors (Lipinski definition) is 4. The Kier molecular flexibility index (Phi) is 6.20.